The van der Waals surface area contributed by atoms with Crippen molar-refractivity contribution in [1.29, 1.82) is 5.26 Å². The maximum absolute atomic E-state index is 12.3. The molecule has 0 fully saturated rings. The summed E-state index contributed by atoms with van der Waals surface area (Å²) in [4.78, 5) is 14.3. The molecule has 28 heavy (non-hydrogen) atoms. The molecule has 2 aromatic rings. The lowest BCUT2D eigenvalue weighted by Gasteiger charge is -2.26. The van der Waals surface area contributed by atoms with Crippen LogP contribution in [0.2, 0.25) is 5.02 Å². The number of nitriles is 1. The SMILES string of the molecule is CCOc1cc(C#N)ccc1OCC(=O)NCC(c1ccccc1Cl)N(C)C. The van der Waals surface area contributed by atoms with Crippen molar-refractivity contribution < 1.29 is 14.3 Å². The highest BCUT2D eigenvalue weighted by Gasteiger charge is 2.18. The fourth-order valence-electron chi connectivity index (χ4n) is 2.69. The van der Waals surface area contributed by atoms with Crippen LogP contribution in [0.1, 0.15) is 24.1 Å². The fourth-order valence-corrected chi connectivity index (χ4v) is 2.95. The number of halogens is 1. The van der Waals surface area contributed by atoms with Gasteiger partial charge in [0.05, 0.1) is 24.3 Å². The van der Waals surface area contributed by atoms with Gasteiger partial charge in [-0.25, -0.2) is 0 Å². The molecule has 0 aliphatic rings. The second kappa shape index (κ2) is 10.5. The lowest BCUT2D eigenvalue weighted by Crippen LogP contribution is -2.37. The molecule has 0 heterocycles. The first kappa shape index (κ1) is 21.5. The van der Waals surface area contributed by atoms with E-state index in [1.165, 1.54) is 0 Å². The van der Waals surface area contributed by atoms with Gasteiger partial charge < -0.3 is 19.7 Å². The smallest absolute Gasteiger partial charge is 0.258 e. The van der Waals surface area contributed by atoms with Gasteiger partial charge in [0.1, 0.15) is 0 Å². The van der Waals surface area contributed by atoms with Gasteiger partial charge in [0.15, 0.2) is 18.1 Å². The molecule has 2 rings (SSSR count). The van der Waals surface area contributed by atoms with Crippen molar-refractivity contribution in [3.05, 3.63) is 58.6 Å². The molecule has 1 amide bonds. The lowest BCUT2D eigenvalue weighted by molar-refractivity contribution is -0.123. The lowest BCUT2D eigenvalue weighted by atomic mass is 10.1. The molecule has 0 aromatic heterocycles. The highest BCUT2D eigenvalue weighted by Crippen LogP contribution is 2.28. The Balaban J connectivity index is 1.97. The molecule has 7 heteroatoms. The van der Waals surface area contributed by atoms with Crippen LogP contribution in [0.25, 0.3) is 0 Å². The minimum atomic E-state index is -0.259. The third-order valence-electron chi connectivity index (χ3n) is 4.11. The third kappa shape index (κ3) is 5.88. The summed E-state index contributed by atoms with van der Waals surface area (Å²) in [6.45, 7) is 2.50. The van der Waals surface area contributed by atoms with Crippen LogP contribution in [0, 0.1) is 11.3 Å². The fraction of sp³-hybridized carbons (Fsp3) is 0.333. The number of hydrogen-bond donors (Lipinski definition) is 1. The number of likely N-dealkylation sites (N-methyl/N-ethyl adjacent to an activating group) is 1. The molecule has 1 unspecified atom stereocenters. The summed E-state index contributed by atoms with van der Waals surface area (Å²) in [5.41, 5.74) is 1.41. The zero-order valence-corrected chi connectivity index (χ0v) is 17.0. The molecule has 148 valence electrons. The Morgan fingerprint density at radius 2 is 1.96 bits per heavy atom. The Hall–Kier alpha value is -2.75. The van der Waals surface area contributed by atoms with E-state index in [2.05, 4.69) is 11.4 Å². The molecule has 6 nitrogen and oxygen atoms in total. The van der Waals surface area contributed by atoms with Crippen LogP contribution in [0.5, 0.6) is 11.5 Å². The minimum absolute atomic E-state index is 0.0634. The monoisotopic (exact) mass is 401 g/mol. The summed E-state index contributed by atoms with van der Waals surface area (Å²) in [7, 11) is 3.86. The second-order valence-electron chi connectivity index (χ2n) is 6.30. The van der Waals surface area contributed by atoms with Gasteiger partial charge >= 0.3 is 0 Å². The number of nitrogens with one attached hydrogen (secondary N) is 1. The average molecular weight is 402 g/mol. The summed E-state index contributed by atoms with van der Waals surface area (Å²) >= 11 is 6.29. The molecule has 2 aromatic carbocycles. The predicted octanol–water partition coefficient (Wildman–Crippen LogP) is 3.41. The van der Waals surface area contributed by atoms with Gasteiger partial charge in [0.2, 0.25) is 0 Å². The standard InChI is InChI=1S/C21H24ClN3O3/c1-4-27-20-11-15(12-23)9-10-19(20)28-14-21(26)24-13-18(25(2)3)16-7-5-6-8-17(16)22/h5-11,18H,4,13-14H2,1-3H3,(H,24,26). The summed E-state index contributed by atoms with van der Waals surface area (Å²) in [5, 5.41) is 12.5. The van der Waals surface area contributed by atoms with Gasteiger partial charge in [-0.15, -0.1) is 0 Å². The molecule has 0 aliphatic carbocycles. The highest BCUT2D eigenvalue weighted by molar-refractivity contribution is 6.31. The van der Waals surface area contributed by atoms with E-state index in [4.69, 9.17) is 26.3 Å². The molecule has 0 bridgehead atoms. The number of rotatable bonds is 9. The van der Waals surface area contributed by atoms with Crippen LogP contribution in [-0.4, -0.2) is 44.7 Å². The van der Waals surface area contributed by atoms with Crippen LogP contribution in [0.4, 0.5) is 0 Å². The largest absolute Gasteiger partial charge is 0.490 e. The topological polar surface area (TPSA) is 74.6 Å². The molecular formula is C21H24ClN3O3. The van der Waals surface area contributed by atoms with Gasteiger partial charge in [-0.2, -0.15) is 5.26 Å². The molecule has 0 aliphatic heterocycles. The van der Waals surface area contributed by atoms with E-state index in [1.54, 1.807) is 18.2 Å². The minimum Gasteiger partial charge on any atom is -0.490 e. The van der Waals surface area contributed by atoms with Crippen molar-refractivity contribution in [2.24, 2.45) is 0 Å². The number of carbonyl (C=O) groups is 1. The summed E-state index contributed by atoms with van der Waals surface area (Å²) in [6.07, 6.45) is 0. The van der Waals surface area contributed by atoms with E-state index in [9.17, 15) is 4.79 Å². The maximum atomic E-state index is 12.3. The van der Waals surface area contributed by atoms with E-state index in [0.717, 1.165) is 5.56 Å². The summed E-state index contributed by atoms with van der Waals surface area (Å²) < 4.78 is 11.1. The molecule has 0 radical (unpaired) electrons. The van der Waals surface area contributed by atoms with Crippen LogP contribution >= 0.6 is 11.6 Å². The Labute approximate surface area is 170 Å². The number of amides is 1. The van der Waals surface area contributed by atoms with Crippen LogP contribution in [0.15, 0.2) is 42.5 Å². The van der Waals surface area contributed by atoms with Crippen molar-refractivity contribution in [3.8, 4) is 17.6 Å². The van der Waals surface area contributed by atoms with Crippen LogP contribution in [0.3, 0.4) is 0 Å². The zero-order chi connectivity index (χ0) is 20.5. The van der Waals surface area contributed by atoms with Gasteiger partial charge in [0, 0.05) is 17.6 Å². The Bertz CT molecular complexity index is 849. The van der Waals surface area contributed by atoms with E-state index in [-0.39, 0.29) is 18.6 Å². The summed E-state index contributed by atoms with van der Waals surface area (Å²) in [6, 6.07) is 14.4. The average Bonchev–Trinajstić information content (AvgIpc) is 2.68. The first-order valence-corrected chi connectivity index (χ1v) is 9.31. The normalized spacial score (nSPS) is 11.6. The van der Waals surface area contributed by atoms with Crippen molar-refractivity contribution in [2.45, 2.75) is 13.0 Å². The molecule has 0 saturated carbocycles. The maximum Gasteiger partial charge on any atom is 0.258 e. The van der Waals surface area contributed by atoms with E-state index in [0.29, 0.717) is 35.2 Å². The van der Waals surface area contributed by atoms with Gasteiger partial charge in [0.25, 0.3) is 5.91 Å². The van der Waals surface area contributed by atoms with Gasteiger partial charge in [-0.05, 0) is 44.8 Å². The van der Waals surface area contributed by atoms with Crippen molar-refractivity contribution in [2.75, 3.05) is 33.9 Å². The van der Waals surface area contributed by atoms with Gasteiger partial charge in [-0.1, -0.05) is 29.8 Å². The Morgan fingerprint density at radius 1 is 1.21 bits per heavy atom. The van der Waals surface area contributed by atoms with Gasteiger partial charge in [-0.3, -0.25) is 4.79 Å². The molecule has 0 spiro atoms. The van der Waals surface area contributed by atoms with Crippen LogP contribution < -0.4 is 14.8 Å². The number of benzene rings is 2. The molecule has 1 N–H and O–H groups in total. The first-order chi connectivity index (χ1) is 13.5. The van der Waals surface area contributed by atoms with E-state index >= 15 is 0 Å². The number of ether oxygens (including phenoxy) is 2. The van der Waals surface area contributed by atoms with Crippen molar-refractivity contribution in [1.82, 2.24) is 10.2 Å². The molecule has 1 atom stereocenters. The van der Waals surface area contributed by atoms with Crippen molar-refractivity contribution in [3.63, 3.8) is 0 Å². The molecular weight excluding hydrogens is 378 g/mol. The predicted molar refractivity (Wildman–Crippen MR) is 109 cm³/mol. The van der Waals surface area contributed by atoms with Crippen LogP contribution in [-0.2, 0) is 4.79 Å². The summed E-state index contributed by atoms with van der Waals surface area (Å²) in [5.74, 6) is 0.605. The zero-order valence-electron chi connectivity index (χ0n) is 16.2. The quantitative estimate of drug-likeness (QED) is 0.697. The Morgan fingerprint density at radius 3 is 2.61 bits per heavy atom. The van der Waals surface area contributed by atoms with E-state index in [1.807, 2.05) is 50.2 Å². The number of nitrogens with zero attached hydrogens (tertiary/aromatic N) is 2. The third-order valence-corrected chi connectivity index (χ3v) is 4.46. The Kier molecular flexibility index (Phi) is 8.12. The second-order valence-corrected chi connectivity index (χ2v) is 6.71. The number of carbonyl (C=O) groups excluding carboxylic acids is 1. The molecule has 0 saturated heterocycles. The first-order valence-electron chi connectivity index (χ1n) is 8.93. The highest BCUT2D eigenvalue weighted by atomic mass is 35.5. The van der Waals surface area contributed by atoms with E-state index < -0.39 is 0 Å². The number of hydrogen-bond acceptors (Lipinski definition) is 5. The van der Waals surface area contributed by atoms with Crippen molar-refractivity contribution >= 4 is 17.5 Å².